The van der Waals surface area contributed by atoms with Gasteiger partial charge >= 0.3 is 0 Å². The lowest BCUT2D eigenvalue weighted by Crippen LogP contribution is -2.02. The van der Waals surface area contributed by atoms with Gasteiger partial charge in [-0.25, -0.2) is 9.37 Å². The van der Waals surface area contributed by atoms with Crippen molar-refractivity contribution in [1.82, 2.24) is 9.97 Å². The van der Waals surface area contributed by atoms with Crippen molar-refractivity contribution in [3.05, 3.63) is 77.9 Å². The lowest BCUT2D eigenvalue weighted by Gasteiger charge is -2.09. The molecule has 0 fully saturated rings. The van der Waals surface area contributed by atoms with Gasteiger partial charge in [-0.15, -0.1) is 0 Å². The lowest BCUT2D eigenvalue weighted by molar-refractivity contribution is 0.626. The smallest absolute Gasteiger partial charge is 0.126 e. The molecule has 1 N–H and O–H groups in total. The van der Waals surface area contributed by atoms with Crippen LogP contribution in [-0.2, 0) is 6.54 Å². The number of nitrogens with one attached hydrogen (secondary N) is 1. The Morgan fingerprint density at radius 1 is 1.09 bits per heavy atom. The van der Waals surface area contributed by atoms with Crippen LogP contribution in [0.15, 0.2) is 60.9 Å². The Labute approximate surface area is 128 Å². The predicted molar refractivity (Wildman–Crippen MR) is 85.9 cm³/mol. The second-order valence-electron chi connectivity index (χ2n) is 5.08. The Morgan fingerprint density at radius 3 is 2.77 bits per heavy atom. The highest BCUT2D eigenvalue weighted by atomic mass is 19.1. The Morgan fingerprint density at radius 2 is 1.95 bits per heavy atom. The normalized spacial score (nSPS) is 10.5. The fourth-order valence-corrected chi connectivity index (χ4v) is 2.28. The van der Waals surface area contributed by atoms with E-state index in [0.29, 0.717) is 6.54 Å². The minimum Gasteiger partial charge on any atom is -0.366 e. The van der Waals surface area contributed by atoms with Gasteiger partial charge in [-0.3, -0.25) is 4.98 Å². The highest BCUT2D eigenvalue weighted by molar-refractivity contribution is 5.64. The zero-order valence-corrected chi connectivity index (χ0v) is 12.3. The van der Waals surface area contributed by atoms with E-state index in [1.165, 1.54) is 12.1 Å². The molecule has 0 unspecified atom stereocenters. The number of anilines is 1. The monoisotopic (exact) mass is 293 g/mol. The van der Waals surface area contributed by atoms with Gasteiger partial charge in [-0.2, -0.15) is 0 Å². The summed E-state index contributed by atoms with van der Waals surface area (Å²) in [6.07, 6.45) is 3.58. The number of aryl methyl sites for hydroxylation is 1. The Hall–Kier alpha value is -2.75. The predicted octanol–water partition coefficient (Wildman–Crippen LogP) is 4.20. The van der Waals surface area contributed by atoms with E-state index in [0.717, 1.165) is 28.2 Å². The van der Waals surface area contributed by atoms with Crippen LogP contribution in [-0.4, -0.2) is 9.97 Å². The van der Waals surface area contributed by atoms with Crippen molar-refractivity contribution in [3.8, 4) is 11.3 Å². The van der Waals surface area contributed by atoms with Crippen LogP contribution in [0.1, 0.15) is 11.1 Å². The van der Waals surface area contributed by atoms with E-state index in [-0.39, 0.29) is 5.82 Å². The van der Waals surface area contributed by atoms with E-state index in [4.69, 9.17) is 0 Å². The first-order valence-electron chi connectivity index (χ1n) is 7.09. The molecule has 0 amide bonds. The first-order chi connectivity index (χ1) is 10.7. The fourth-order valence-electron chi connectivity index (χ4n) is 2.28. The molecule has 0 aliphatic carbocycles. The molecule has 4 heteroatoms. The fraction of sp³-hybridized carbons (Fsp3) is 0.111. The molecule has 22 heavy (non-hydrogen) atoms. The van der Waals surface area contributed by atoms with E-state index < -0.39 is 0 Å². The number of halogens is 1. The van der Waals surface area contributed by atoms with E-state index in [9.17, 15) is 4.39 Å². The van der Waals surface area contributed by atoms with E-state index in [2.05, 4.69) is 15.3 Å². The number of hydrogen-bond acceptors (Lipinski definition) is 3. The molecule has 0 aliphatic heterocycles. The van der Waals surface area contributed by atoms with Gasteiger partial charge in [-0.05, 0) is 48.4 Å². The molecule has 3 rings (SSSR count). The summed E-state index contributed by atoms with van der Waals surface area (Å²) in [5, 5.41) is 3.22. The first-order valence-corrected chi connectivity index (χ1v) is 7.09. The van der Waals surface area contributed by atoms with Crippen molar-refractivity contribution in [1.29, 1.82) is 0 Å². The van der Waals surface area contributed by atoms with Crippen molar-refractivity contribution >= 4 is 5.82 Å². The summed E-state index contributed by atoms with van der Waals surface area (Å²) < 4.78 is 13.2. The Balaban J connectivity index is 1.79. The van der Waals surface area contributed by atoms with Crippen LogP contribution in [0.4, 0.5) is 10.2 Å². The molecule has 0 bridgehead atoms. The zero-order chi connectivity index (χ0) is 15.4. The standard InChI is InChI=1S/C18H16FN3/c1-13-11-20-9-8-16(13)17-6-3-7-18(22-17)21-12-14-4-2-5-15(19)10-14/h2-11H,12H2,1H3,(H,21,22). The van der Waals surface area contributed by atoms with Crippen LogP contribution in [0.25, 0.3) is 11.3 Å². The summed E-state index contributed by atoms with van der Waals surface area (Å²) >= 11 is 0. The SMILES string of the molecule is Cc1cnccc1-c1cccc(NCc2cccc(F)c2)n1. The number of rotatable bonds is 4. The molecule has 0 radical (unpaired) electrons. The van der Waals surface area contributed by atoms with Gasteiger partial charge in [0, 0.05) is 24.5 Å². The van der Waals surface area contributed by atoms with Crippen LogP contribution in [0, 0.1) is 12.7 Å². The number of aromatic nitrogens is 2. The highest BCUT2D eigenvalue weighted by Crippen LogP contribution is 2.21. The largest absolute Gasteiger partial charge is 0.366 e. The van der Waals surface area contributed by atoms with Crippen LogP contribution >= 0.6 is 0 Å². The third kappa shape index (κ3) is 3.28. The molecule has 0 spiro atoms. The molecule has 0 atom stereocenters. The van der Waals surface area contributed by atoms with Crippen molar-refractivity contribution in [2.24, 2.45) is 0 Å². The second kappa shape index (κ2) is 6.35. The maximum atomic E-state index is 13.2. The van der Waals surface area contributed by atoms with Crippen molar-refractivity contribution in [2.45, 2.75) is 13.5 Å². The molecule has 1 aromatic carbocycles. The molecule has 0 aliphatic rings. The molecule has 0 saturated heterocycles. The average Bonchev–Trinajstić information content (AvgIpc) is 2.54. The summed E-state index contributed by atoms with van der Waals surface area (Å²) in [6.45, 7) is 2.54. The third-order valence-electron chi connectivity index (χ3n) is 3.41. The number of benzene rings is 1. The van der Waals surface area contributed by atoms with Gasteiger partial charge in [0.05, 0.1) is 5.69 Å². The number of hydrogen-bond donors (Lipinski definition) is 1. The average molecular weight is 293 g/mol. The zero-order valence-electron chi connectivity index (χ0n) is 12.3. The molecule has 3 aromatic rings. The van der Waals surface area contributed by atoms with Gasteiger partial charge in [-0.1, -0.05) is 18.2 Å². The molecular weight excluding hydrogens is 277 g/mol. The van der Waals surface area contributed by atoms with Gasteiger partial charge in [0.25, 0.3) is 0 Å². The quantitative estimate of drug-likeness (QED) is 0.783. The second-order valence-corrected chi connectivity index (χ2v) is 5.08. The van der Waals surface area contributed by atoms with Crippen molar-refractivity contribution in [2.75, 3.05) is 5.32 Å². The lowest BCUT2D eigenvalue weighted by atomic mass is 10.1. The van der Waals surface area contributed by atoms with E-state index in [1.807, 2.05) is 43.5 Å². The van der Waals surface area contributed by atoms with E-state index in [1.54, 1.807) is 12.3 Å². The van der Waals surface area contributed by atoms with Gasteiger partial charge in [0.1, 0.15) is 11.6 Å². The minimum atomic E-state index is -0.228. The number of pyridine rings is 2. The number of nitrogens with zero attached hydrogens (tertiary/aromatic N) is 2. The molecule has 0 saturated carbocycles. The first kappa shape index (κ1) is 14.2. The molecule has 2 aromatic heterocycles. The Bertz CT molecular complexity index is 787. The van der Waals surface area contributed by atoms with Gasteiger partial charge in [0.2, 0.25) is 0 Å². The third-order valence-corrected chi connectivity index (χ3v) is 3.41. The van der Waals surface area contributed by atoms with Crippen LogP contribution < -0.4 is 5.32 Å². The summed E-state index contributed by atoms with van der Waals surface area (Å²) in [5.41, 5.74) is 3.91. The molecule has 3 nitrogen and oxygen atoms in total. The molecule has 110 valence electrons. The van der Waals surface area contributed by atoms with Crippen molar-refractivity contribution < 1.29 is 4.39 Å². The van der Waals surface area contributed by atoms with Gasteiger partial charge in [0.15, 0.2) is 0 Å². The maximum absolute atomic E-state index is 13.2. The molecule has 2 heterocycles. The highest BCUT2D eigenvalue weighted by Gasteiger charge is 2.04. The van der Waals surface area contributed by atoms with E-state index >= 15 is 0 Å². The summed E-state index contributed by atoms with van der Waals surface area (Å²) in [6, 6.07) is 14.3. The van der Waals surface area contributed by atoms with Crippen molar-refractivity contribution in [3.63, 3.8) is 0 Å². The Kier molecular flexibility index (Phi) is 4.10. The van der Waals surface area contributed by atoms with Crippen LogP contribution in [0.5, 0.6) is 0 Å². The minimum absolute atomic E-state index is 0.228. The van der Waals surface area contributed by atoms with Crippen LogP contribution in [0.3, 0.4) is 0 Å². The topological polar surface area (TPSA) is 37.8 Å². The summed E-state index contributed by atoms with van der Waals surface area (Å²) in [4.78, 5) is 8.71. The van der Waals surface area contributed by atoms with Gasteiger partial charge < -0.3 is 5.32 Å². The maximum Gasteiger partial charge on any atom is 0.126 e. The van der Waals surface area contributed by atoms with Crippen LogP contribution in [0.2, 0.25) is 0 Å². The summed E-state index contributed by atoms with van der Waals surface area (Å²) in [5.74, 6) is 0.534. The molecular formula is C18H16FN3. The summed E-state index contributed by atoms with van der Waals surface area (Å²) in [7, 11) is 0.